The van der Waals surface area contributed by atoms with Crippen molar-refractivity contribution in [3.8, 4) is 11.1 Å². The average molecular weight is 625 g/mol. The highest BCUT2D eigenvalue weighted by Gasteiger charge is 2.29. The molecule has 2 aromatic rings. The Bertz CT molecular complexity index is 1220. The van der Waals surface area contributed by atoms with E-state index < -0.39 is 23.4 Å². The molecule has 248 valence electrons. The predicted octanol–water partition coefficient (Wildman–Crippen LogP) is 6.52. The third-order valence-corrected chi connectivity index (χ3v) is 7.26. The molecular formula is C35H52N4O6. The molecule has 10 nitrogen and oxygen atoms in total. The van der Waals surface area contributed by atoms with Gasteiger partial charge < -0.3 is 35.1 Å². The van der Waals surface area contributed by atoms with Gasteiger partial charge in [-0.15, -0.1) is 0 Å². The lowest BCUT2D eigenvalue weighted by atomic mass is 9.98. The maximum absolute atomic E-state index is 13.0. The van der Waals surface area contributed by atoms with Gasteiger partial charge in [0.2, 0.25) is 0 Å². The second-order valence-electron chi connectivity index (χ2n) is 13.4. The van der Waals surface area contributed by atoms with Crippen molar-refractivity contribution in [2.45, 2.75) is 84.3 Å². The maximum Gasteiger partial charge on any atom is 0.410 e. The molecule has 45 heavy (non-hydrogen) atoms. The van der Waals surface area contributed by atoms with Crippen LogP contribution in [0.1, 0.15) is 84.3 Å². The average Bonchev–Trinajstić information content (AvgIpc) is 3.28. The van der Waals surface area contributed by atoms with E-state index in [1.807, 2.05) is 65.8 Å². The highest BCUT2D eigenvalue weighted by molar-refractivity contribution is 5.79. The fraction of sp³-hybridized carbons (Fsp3) is 0.571. The van der Waals surface area contributed by atoms with Crippen molar-refractivity contribution >= 4 is 18.3 Å². The summed E-state index contributed by atoms with van der Waals surface area (Å²) in [7, 11) is 0. The molecule has 2 aromatic carbocycles. The van der Waals surface area contributed by atoms with Crippen LogP contribution in [-0.2, 0) is 14.2 Å². The number of carbonyl (C=O) groups excluding carboxylic acids is 3. The van der Waals surface area contributed by atoms with Gasteiger partial charge in [-0.1, -0.05) is 48.5 Å². The fourth-order valence-electron chi connectivity index (χ4n) is 5.24. The number of benzene rings is 2. The van der Waals surface area contributed by atoms with Crippen molar-refractivity contribution in [1.82, 2.24) is 15.1 Å². The van der Waals surface area contributed by atoms with E-state index in [1.165, 1.54) is 11.1 Å². The third kappa shape index (κ3) is 11.6. The Morgan fingerprint density at radius 2 is 1.16 bits per heavy atom. The molecule has 0 radical (unpaired) electrons. The quantitative estimate of drug-likeness (QED) is 0.181. The lowest BCUT2D eigenvalue weighted by molar-refractivity contribution is 0.0208. The van der Waals surface area contributed by atoms with Crippen molar-refractivity contribution in [2.75, 3.05) is 45.9 Å². The van der Waals surface area contributed by atoms with E-state index in [0.717, 1.165) is 11.1 Å². The van der Waals surface area contributed by atoms with Gasteiger partial charge in [-0.05, 0) is 96.0 Å². The summed E-state index contributed by atoms with van der Waals surface area (Å²) in [6.45, 7) is 14.0. The number of rotatable bonds is 14. The summed E-state index contributed by atoms with van der Waals surface area (Å²) >= 11 is 0. The minimum absolute atomic E-state index is 0.00708. The largest absolute Gasteiger partial charge is 0.449 e. The number of unbranched alkanes of at least 4 members (excludes halogenated alkanes) is 1. The van der Waals surface area contributed by atoms with Crippen LogP contribution in [0.25, 0.3) is 11.1 Å². The van der Waals surface area contributed by atoms with E-state index in [4.69, 9.17) is 19.9 Å². The molecule has 0 saturated heterocycles. The van der Waals surface area contributed by atoms with Crippen LogP contribution in [0.3, 0.4) is 0 Å². The fourth-order valence-corrected chi connectivity index (χ4v) is 5.24. The number of nitrogens with zero attached hydrogens (tertiary/aromatic N) is 2. The summed E-state index contributed by atoms with van der Waals surface area (Å²) in [5.41, 5.74) is 9.13. The Kier molecular flexibility index (Phi) is 13.1. The van der Waals surface area contributed by atoms with Crippen molar-refractivity contribution in [3.05, 3.63) is 59.7 Å². The normalized spacial score (nSPS) is 12.6. The van der Waals surface area contributed by atoms with Gasteiger partial charge in [0.25, 0.3) is 0 Å². The molecule has 0 aliphatic heterocycles. The number of nitrogens with two attached hydrogens (primary N) is 1. The van der Waals surface area contributed by atoms with Crippen molar-refractivity contribution in [3.63, 3.8) is 0 Å². The zero-order chi connectivity index (χ0) is 33.0. The lowest BCUT2D eigenvalue weighted by Gasteiger charge is -2.29. The number of amides is 3. The summed E-state index contributed by atoms with van der Waals surface area (Å²) in [6.07, 6.45) is 1.31. The molecule has 0 heterocycles. The smallest absolute Gasteiger partial charge is 0.410 e. The minimum Gasteiger partial charge on any atom is -0.449 e. The maximum atomic E-state index is 13.0. The van der Waals surface area contributed by atoms with E-state index in [-0.39, 0.29) is 18.6 Å². The Hall–Kier alpha value is -3.79. The SMILES string of the molecule is CC(C)(C)OC(=O)N(CCCN)CCCCN(CCCNC(=O)OCC1c2ccccc2-c2ccccc21)C(=O)OC(C)(C)C. The highest BCUT2D eigenvalue weighted by atomic mass is 16.6. The summed E-state index contributed by atoms with van der Waals surface area (Å²) in [5, 5.41) is 2.82. The van der Waals surface area contributed by atoms with Gasteiger partial charge >= 0.3 is 18.3 Å². The first-order valence-corrected chi connectivity index (χ1v) is 16.0. The number of hydrogen-bond donors (Lipinski definition) is 2. The van der Waals surface area contributed by atoms with E-state index in [2.05, 4.69) is 29.6 Å². The zero-order valence-electron chi connectivity index (χ0n) is 27.9. The second kappa shape index (κ2) is 16.5. The first kappa shape index (κ1) is 35.7. The van der Waals surface area contributed by atoms with E-state index in [1.54, 1.807) is 9.80 Å². The van der Waals surface area contributed by atoms with Gasteiger partial charge in [0, 0.05) is 38.6 Å². The van der Waals surface area contributed by atoms with E-state index in [9.17, 15) is 14.4 Å². The molecule has 10 heteroatoms. The Morgan fingerprint density at radius 1 is 0.711 bits per heavy atom. The molecule has 1 aliphatic carbocycles. The molecule has 3 N–H and O–H groups in total. The number of carbonyl (C=O) groups is 3. The molecule has 0 aromatic heterocycles. The van der Waals surface area contributed by atoms with Gasteiger partial charge in [0.15, 0.2) is 0 Å². The van der Waals surface area contributed by atoms with E-state index in [0.29, 0.717) is 65.0 Å². The zero-order valence-corrected chi connectivity index (χ0v) is 27.9. The minimum atomic E-state index is -0.634. The summed E-state index contributed by atoms with van der Waals surface area (Å²) in [6, 6.07) is 16.4. The molecule has 3 amide bonds. The van der Waals surface area contributed by atoms with Crippen LogP contribution in [0.15, 0.2) is 48.5 Å². The number of alkyl carbamates (subject to hydrolysis) is 1. The summed E-state index contributed by atoms with van der Waals surface area (Å²) in [4.78, 5) is 41.5. The van der Waals surface area contributed by atoms with Gasteiger partial charge in [-0.3, -0.25) is 0 Å². The lowest BCUT2D eigenvalue weighted by Crippen LogP contribution is -2.40. The third-order valence-electron chi connectivity index (χ3n) is 7.26. The van der Waals surface area contributed by atoms with Crippen LogP contribution in [0.5, 0.6) is 0 Å². The second-order valence-corrected chi connectivity index (χ2v) is 13.4. The summed E-state index contributed by atoms with van der Waals surface area (Å²) < 4.78 is 16.8. The Labute approximate surface area is 268 Å². The number of nitrogens with one attached hydrogen (secondary N) is 1. The molecule has 0 atom stereocenters. The van der Waals surface area contributed by atoms with Crippen LogP contribution < -0.4 is 11.1 Å². The molecule has 0 spiro atoms. The highest BCUT2D eigenvalue weighted by Crippen LogP contribution is 2.44. The molecule has 0 bridgehead atoms. The summed E-state index contributed by atoms with van der Waals surface area (Å²) in [5.74, 6) is -0.00708. The molecule has 3 rings (SSSR count). The molecular weight excluding hydrogens is 572 g/mol. The van der Waals surface area contributed by atoms with Gasteiger partial charge in [-0.2, -0.15) is 0 Å². The van der Waals surface area contributed by atoms with Crippen LogP contribution in [0.4, 0.5) is 14.4 Å². The standard InChI is InChI=1S/C35H52N4O6/c1-34(2,3)44-32(41)38(23-13-19-36)21-11-12-22-39(33(42)45-35(4,5)6)24-14-20-37-31(40)43-25-30-28-17-9-7-15-26(28)27-16-8-10-18-29(27)30/h7-10,15-18,30H,11-14,19-25,36H2,1-6H3,(H,37,40). The molecule has 0 unspecified atom stereocenters. The van der Waals surface area contributed by atoms with Crippen molar-refractivity contribution < 1.29 is 28.6 Å². The van der Waals surface area contributed by atoms with Crippen LogP contribution in [0, 0.1) is 0 Å². The van der Waals surface area contributed by atoms with E-state index >= 15 is 0 Å². The van der Waals surface area contributed by atoms with Gasteiger partial charge in [0.1, 0.15) is 17.8 Å². The molecule has 0 fully saturated rings. The van der Waals surface area contributed by atoms with Crippen LogP contribution in [0.2, 0.25) is 0 Å². The van der Waals surface area contributed by atoms with Gasteiger partial charge in [0.05, 0.1) is 0 Å². The Balaban J connectivity index is 1.47. The van der Waals surface area contributed by atoms with Crippen LogP contribution in [-0.4, -0.2) is 85.2 Å². The number of hydrogen-bond acceptors (Lipinski definition) is 7. The number of ether oxygens (including phenoxy) is 3. The predicted molar refractivity (Wildman–Crippen MR) is 176 cm³/mol. The van der Waals surface area contributed by atoms with Crippen LogP contribution >= 0.6 is 0 Å². The van der Waals surface area contributed by atoms with Crippen molar-refractivity contribution in [2.24, 2.45) is 5.73 Å². The topological polar surface area (TPSA) is 123 Å². The van der Waals surface area contributed by atoms with Gasteiger partial charge in [-0.25, -0.2) is 14.4 Å². The Morgan fingerprint density at radius 3 is 1.62 bits per heavy atom. The first-order chi connectivity index (χ1) is 21.3. The number of fused-ring (bicyclic) bond motifs is 3. The monoisotopic (exact) mass is 624 g/mol. The molecule has 1 aliphatic rings. The van der Waals surface area contributed by atoms with Crippen molar-refractivity contribution in [1.29, 1.82) is 0 Å². The molecule has 0 saturated carbocycles. The first-order valence-electron chi connectivity index (χ1n) is 16.0.